The smallest absolute Gasteiger partial charge is 0.269 e. The summed E-state index contributed by atoms with van der Waals surface area (Å²) in [5.41, 5.74) is 6.98. The van der Waals surface area contributed by atoms with Gasteiger partial charge in [0.1, 0.15) is 5.69 Å². The number of aliphatic hydroxyl groups is 1. The van der Waals surface area contributed by atoms with Crippen molar-refractivity contribution in [3.8, 4) is 5.69 Å². The molecular weight excluding hydrogens is 218 g/mol. The fraction of sp³-hybridized carbons (Fsp3) is 0.167. The predicted octanol–water partition coefficient (Wildman–Crippen LogP) is 1.02. The van der Waals surface area contributed by atoms with E-state index in [9.17, 15) is 9.90 Å². The van der Waals surface area contributed by atoms with Gasteiger partial charge in [-0.3, -0.25) is 4.79 Å². The van der Waals surface area contributed by atoms with E-state index in [4.69, 9.17) is 5.73 Å². The van der Waals surface area contributed by atoms with Crippen molar-refractivity contribution in [1.29, 1.82) is 0 Å². The van der Waals surface area contributed by atoms with Crippen LogP contribution in [0.25, 0.3) is 5.69 Å². The number of aromatic nitrogens is 2. The summed E-state index contributed by atoms with van der Waals surface area (Å²) < 4.78 is 1.56. The average molecular weight is 231 g/mol. The number of hydrogen-bond acceptors (Lipinski definition) is 3. The molecule has 5 nitrogen and oxygen atoms in total. The van der Waals surface area contributed by atoms with E-state index in [0.29, 0.717) is 0 Å². The van der Waals surface area contributed by atoms with Gasteiger partial charge in [0.05, 0.1) is 11.8 Å². The van der Waals surface area contributed by atoms with Crippen molar-refractivity contribution < 1.29 is 9.90 Å². The number of rotatable bonds is 3. The van der Waals surface area contributed by atoms with Gasteiger partial charge in [0.15, 0.2) is 0 Å². The molecule has 0 fully saturated rings. The van der Waals surface area contributed by atoms with Crippen LogP contribution < -0.4 is 5.73 Å². The van der Waals surface area contributed by atoms with Gasteiger partial charge in [0.25, 0.3) is 5.91 Å². The molecule has 1 amide bonds. The molecule has 3 N–H and O–H groups in total. The summed E-state index contributed by atoms with van der Waals surface area (Å²) >= 11 is 0. The number of hydrogen-bond donors (Lipinski definition) is 2. The minimum absolute atomic E-state index is 0.226. The molecular formula is C12H13N3O2. The summed E-state index contributed by atoms with van der Waals surface area (Å²) in [6.45, 7) is 1.70. The van der Waals surface area contributed by atoms with E-state index in [1.807, 2.05) is 24.3 Å². The highest BCUT2D eigenvalue weighted by molar-refractivity contribution is 5.90. The number of carbonyl (C=O) groups excluding carboxylic acids is 1. The van der Waals surface area contributed by atoms with E-state index >= 15 is 0 Å². The SMILES string of the molecule is C[C@H](O)c1ccc(-n2ccc(C(N)=O)n2)cc1. The van der Waals surface area contributed by atoms with Crippen LogP contribution in [0.5, 0.6) is 0 Å². The maximum absolute atomic E-state index is 10.9. The van der Waals surface area contributed by atoms with E-state index in [-0.39, 0.29) is 5.69 Å². The van der Waals surface area contributed by atoms with Crippen LogP contribution in [0.2, 0.25) is 0 Å². The lowest BCUT2D eigenvalue weighted by molar-refractivity contribution is 0.0995. The number of nitrogens with two attached hydrogens (primary N) is 1. The second kappa shape index (κ2) is 4.39. The molecule has 0 saturated carbocycles. The van der Waals surface area contributed by atoms with Gasteiger partial charge in [-0.25, -0.2) is 4.68 Å². The van der Waals surface area contributed by atoms with E-state index in [0.717, 1.165) is 11.3 Å². The van der Waals surface area contributed by atoms with Crippen LogP contribution in [0, 0.1) is 0 Å². The Morgan fingerprint density at radius 1 is 1.35 bits per heavy atom. The van der Waals surface area contributed by atoms with Crippen molar-refractivity contribution in [3.05, 3.63) is 47.8 Å². The van der Waals surface area contributed by atoms with Crippen LogP contribution in [0.3, 0.4) is 0 Å². The van der Waals surface area contributed by atoms with Crippen LogP contribution in [0.15, 0.2) is 36.5 Å². The molecule has 1 atom stereocenters. The van der Waals surface area contributed by atoms with E-state index in [1.54, 1.807) is 23.9 Å². The number of nitrogens with zero attached hydrogens (tertiary/aromatic N) is 2. The summed E-state index contributed by atoms with van der Waals surface area (Å²) in [5, 5.41) is 13.4. The zero-order chi connectivity index (χ0) is 12.4. The second-order valence-corrected chi connectivity index (χ2v) is 3.78. The Balaban J connectivity index is 2.30. The molecule has 0 unspecified atom stereocenters. The summed E-state index contributed by atoms with van der Waals surface area (Å²) in [5.74, 6) is -0.552. The molecule has 17 heavy (non-hydrogen) atoms. The van der Waals surface area contributed by atoms with Crippen LogP contribution in [0.1, 0.15) is 29.1 Å². The Morgan fingerprint density at radius 2 is 2.00 bits per heavy atom. The Kier molecular flexibility index (Phi) is 2.93. The molecule has 0 saturated heterocycles. The summed E-state index contributed by atoms with van der Waals surface area (Å²) in [6, 6.07) is 8.82. The first kappa shape index (κ1) is 11.3. The Bertz CT molecular complexity index is 529. The molecule has 0 aliphatic carbocycles. The summed E-state index contributed by atoms with van der Waals surface area (Å²) in [4.78, 5) is 10.9. The first-order valence-corrected chi connectivity index (χ1v) is 5.22. The third kappa shape index (κ3) is 2.34. The van der Waals surface area contributed by atoms with E-state index in [1.165, 1.54) is 0 Å². The molecule has 1 aromatic carbocycles. The van der Waals surface area contributed by atoms with Gasteiger partial charge in [0.2, 0.25) is 0 Å². The van der Waals surface area contributed by atoms with Crippen molar-refractivity contribution in [1.82, 2.24) is 9.78 Å². The monoisotopic (exact) mass is 231 g/mol. The van der Waals surface area contributed by atoms with Crippen molar-refractivity contribution in [2.24, 2.45) is 5.73 Å². The van der Waals surface area contributed by atoms with Gasteiger partial charge in [-0.05, 0) is 30.7 Å². The van der Waals surface area contributed by atoms with Crippen LogP contribution in [-0.4, -0.2) is 20.8 Å². The average Bonchev–Trinajstić information content (AvgIpc) is 2.78. The Labute approximate surface area is 98.5 Å². The van der Waals surface area contributed by atoms with E-state index in [2.05, 4.69) is 5.10 Å². The van der Waals surface area contributed by atoms with Crippen molar-refractivity contribution in [3.63, 3.8) is 0 Å². The zero-order valence-corrected chi connectivity index (χ0v) is 9.37. The minimum Gasteiger partial charge on any atom is -0.389 e. The fourth-order valence-corrected chi connectivity index (χ4v) is 1.50. The molecule has 0 spiro atoms. The Morgan fingerprint density at radius 3 is 2.47 bits per heavy atom. The Hall–Kier alpha value is -2.14. The molecule has 1 heterocycles. The van der Waals surface area contributed by atoms with Gasteiger partial charge in [-0.2, -0.15) is 5.10 Å². The first-order chi connectivity index (χ1) is 8.08. The summed E-state index contributed by atoms with van der Waals surface area (Å²) in [7, 11) is 0. The highest BCUT2D eigenvalue weighted by Crippen LogP contribution is 2.15. The lowest BCUT2D eigenvalue weighted by Gasteiger charge is -2.06. The maximum atomic E-state index is 10.9. The van der Waals surface area contributed by atoms with Gasteiger partial charge in [-0.1, -0.05) is 12.1 Å². The minimum atomic E-state index is -0.552. The zero-order valence-electron chi connectivity index (χ0n) is 9.37. The molecule has 5 heteroatoms. The third-order valence-corrected chi connectivity index (χ3v) is 2.48. The van der Waals surface area contributed by atoms with Gasteiger partial charge >= 0.3 is 0 Å². The number of aliphatic hydroxyl groups excluding tert-OH is 1. The first-order valence-electron chi connectivity index (χ1n) is 5.22. The molecule has 0 aliphatic heterocycles. The molecule has 1 aromatic heterocycles. The van der Waals surface area contributed by atoms with Crippen molar-refractivity contribution >= 4 is 5.91 Å². The molecule has 0 aliphatic rings. The molecule has 2 rings (SSSR count). The third-order valence-electron chi connectivity index (χ3n) is 2.48. The molecule has 88 valence electrons. The number of carbonyl (C=O) groups is 1. The van der Waals surface area contributed by atoms with E-state index < -0.39 is 12.0 Å². The lowest BCUT2D eigenvalue weighted by atomic mass is 10.1. The maximum Gasteiger partial charge on any atom is 0.269 e. The van der Waals surface area contributed by atoms with Crippen LogP contribution in [0.4, 0.5) is 0 Å². The largest absolute Gasteiger partial charge is 0.389 e. The molecule has 0 radical (unpaired) electrons. The number of primary amides is 1. The van der Waals surface area contributed by atoms with Gasteiger partial charge in [-0.15, -0.1) is 0 Å². The normalized spacial score (nSPS) is 12.4. The second-order valence-electron chi connectivity index (χ2n) is 3.78. The van der Waals surface area contributed by atoms with Crippen LogP contribution in [-0.2, 0) is 0 Å². The highest BCUT2D eigenvalue weighted by atomic mass is 16.3. The number of benzene rings is 1. The van der Waals surface area contributed by atoms with Crippen molar-refractivity contribution in [2.75, 3.05) is 0 Å². The quantitative estimate of drug-likeness (QED) is 0.827. The van der Waals surface area contributed by atoms with Gasteiger partial charge < -0.3 is 10.8 Å². The standard InChI is InChI=1S/C12H13N3O2/c1-8(16)9-2-4-10(5-3-9)15-7-6-11(14-15)12(13)17/h2-8,16H,1H3,(H2,13,17)/t8-/m0/s1. The number of amides is 1. The van der Waals surface area contributed by atoms with Crippen LogP contribution >= 0.6 is 0 Å². The molecule has 2 aromatic rings. The van der Waals surface area contributed by atoms with Gasteiger partial charge in [0, 0.05) is 6.20 Å². The fourth-order valence-electron chi connectivity index (χ4n) is 1.50. The highest BCUT2D eigenvalue weighted by Gasteiger charge is 2.06. The summed E-state index contributed by atoms with van der Waals surface area (Å²) in [6.07, 6.45) is 1.17. The topological polar surface area (TPSA) is 81.1 Å². The lowest BCUT2D eigenvalue weighted by Crippen LogP contribution is -2.12. The predicted molar refractivity (Wildman–Crippen MR) is 62.7 cm³/mol. The van der Waals surface area contributed by atoms with Crippen molar-refractivity contribution in [2.45, 2.75) is 13.0 Å². The molecule has 0 bridgehead atoms.